The Bertz CT molecular complexity index is 678. The molecule has 0 rings (SSSR count). The van der Waals surface area contributed by atoms with Crippen molar-refractivity contribution in [3.8, 4) is 0 Å². The Kier molecular flexibility index (Phi) is 12.1. The highest BCUT2D eigenvalue weighted by Crippen LogP contribution is 2.05. The molecule has 0 saturated heterocycles. The van der Waals surface area contributed by atoms with E-state index < -0.39 is 41.7 Å². The van der Waals surface area contributed by atoms with Gasteiger partial charge < -0.3 is 32.3 Å². The summed E-state index contributed by atoms with van der Waals surface area (Å²) in [5, 5.41) is 7.37. The van der Waals surface area contributed by atoms with Crippen LogP contribution in [0.15, 0.2) is 12.2 Å². The SMILES string of the molecule is CC(C)C(NC(=O)CN(C)C(=O)/C=C\C=O)C(=O)N[C@@H](CCCNC(N)=O)C(N)=O. The normalized spacial score (nSPS) is 12.7. The van der Waals surface area contributed by atoms with Crippen LogP contribution in [0.1, 0.15) is 26.7 Å². The van der Waals surface area contributed by atoms with Crippen LogP contribution in [0.2, 0.25) is 0 Å². The molecule has 0 aromatic carbocycles. The lowest BCUT2D eigenvalue weighted by Crippen LogP contribution is -2.56. The number of urea groups is 1. The molecule has 0 aromatic rings. The molecule has 6 amide bonds. The average Bonchev–Trinajstić information content (AvgIpc) is 2.65. The lowest BCUT2D eigenvalue weighted by atomic mass is 10.0. The minimum atomic E-state index is -0.997. The van der Waals surface area contributed by atoms with E-state index in [9.17, 15) is 28.8 Å². The number of aldehydes is 1. The molecule has 0 aliphatic heterocycles. The second-order valence-corrected chi connectivity index (χ2v) is 6.88. The lowest BCUT2D eigenvalue weighted by molar-refractivity contribution is -0.134. The number of carbonyl (C=O) groups is 6. The smallest absolute Gasteiger partial charge is 0.312 e. The second kappa shape index (κ2) is 13.7. The fraction of sp³-hybridized carbons (Fsp3) is 0.556. The highest BCUT2D eigenvalue weighted by Gasteiger charge is 2.28. The topological polar surface area (TPSA) is 194 Å². The maximum atomic E-state index is 12.6. The van der Waals surface area contributed by atoms with E-state index in [1.807, 2.05) is 0 Å². The number of likely N-dealkylation sites (N-methyl/N-ethyl adjacent to an activating group) is 1. The average molecular weight is 426 g/mol. The predicted octanol–water partition coefficient (Wildman–Crippen LogP) is -2.24. The van der Waals surface area contributed by atoms with E-state index in [0.29, 0.717) is 12.7 Å². The lowest BCUT2D eigenvalue weighted by Gasteiger charge is -2.25. The molecule has 0 heterocycles. The van der Waals surface area contributed by atoms with Gasteiger partial charge in [0.05, 0.1) is 6.54 Å². The Hall–Kier alpha value is -3.44. The maximum absolute atomic E-state index is 12.6. The Morgan fingerprint density at radius 2 is 1.70 bits per heavy atom. The monoisotopic (exact) mass is 426 g/mol. The van der Waals surface area contributed by atoms with Gasteiger partial charge in [0.2, 0.25) is 23.6 Å². The van der Waals surface area contributed by atoms with Crippen molar-refractivity contribution in [3.05, 3.63) is 12.2 Å². The van der Waals surface area contributed by atoms with Crippen molar-refractivity contribution in [3.63, 3.8) is 0 Å². The van der Waals surface area contributed by atoms with E-state index >= 15 is 0 Å². The number of allylic oxidation sites excluding steroid dienone is 1. The first-order chi connectivity index (χ1) is 14.0. The van der Waals surface area contributed by atoms with Crippen LogP contribution in [-0.4, -0.2) is 73.1 Å². The quantitative estimate of drug-likeness (QED) is 0.125. The molecular weight excluding hydrogens is 396 g/mol. The molecule has 0 aliphatic rings. The third-order valence-corrected chi connectivity index (χ3v) is 3.97. The zero-order valence-electron chi connectivity index (χ0n) is 17.3. The molecule has 168 valence electrons. The van der Waals surface area contributed by atoms with E-state index in [1.165, 1.54) is 7.05 Å². The number of amides is 6. The van der Waals surface area contributed by atoms with E-state index in [-0.39, 0.29) is 25.4 Å². The number of carbonyl (C=O) groups excluding carboxylic acids is 6. The van der Waals surface area contributed by atoms with Gasteiger partial charge in [0, 0.05) is 19.7 Å². The van der Waals surface area contributed by atoms with Crippen LogP contribution in [-0.2, 0) is 24.0 Å². The van der Waals surface area contributed by atoms with E-state index in [4.69, 9.17) is 11.5 Å². The molecule has 0 radical (unpaired) electrons. The van der Waals surface area contributed by atoms with Gasteiger partial charge >= 0.3 is 6.03 Å². The summed E-state index contributed by atoms with van der Waals surface area (Å²) in [5.41, 5.74) is 10.3. The van der Waals surface area contributed by atoms with Gasteiger partial charge in [-0.3, -0.25) is 24.0 Å². The standard InChI is InChI=1S/C18H30N6O6/c1-11(2)15(23-13(26)10-24(3)14(27)7-5-9-25)17(29)22-12(16(19)28)6-4-8-21-18(20)30/h5,7,9,11-12,15H,4,6,8,10H2,1-3H3,(H2,19,28)(H,22,29)(H,23,26)(H3,20,21,30)/b7-5-/t12-,15?/m0/s1. The Balaban J connectivity index is 4.90. The number of nitrogens with one attached hydrogen (secondary N) is 3. The van der Waals surface area contributed by atoms with E-state index in [1.54, 1.807) is 13.8 Å². The molecule has 0 bridgehead atoms. The van der Waals surface area contributed by atoms with Gasteiger partial charge in [-0.15, -0.1) is 0 Å². The number of nitrogens with two attached hydrogens (primary N) is 2. The summed E-state index contributed by atoms with van der Waals surface area (Å²) in [6, 6.07) is -2.68. The molecule has 2 atom stereocenters. The second-order valence-electron chi connectivity index (χ2n) is 6.88. The molecular formula is C18H30N6O6. The minimum Gasteiger partial charge on any atom is -0.368 e. The number of rotatable bonds is 13. The first-order valence-corrected chi connectivity index (χ1v) is 9.28. The number of hydrogen-bond donors (Lipinski definition) is 5. The summed E-state index contributed by atoms with van der Waals surface area (Å²) >= 11 is 0. The molecule has 0 spiro atoms. The molecule has 0 fully saturated rings. The zero-order chi connectivity index (χ0) is 23.3. The third-order valence-electron chi connectivity index (χ3n) is 3.97. The van der Waals surface area contributed by atoms with Gasteiger partial charge in [0.1, 0.15) is 18.4 Å². The van der Waals surface area contributed by atoms with Crippen molar-refractivity contribution in [2.24, 2.45) is 17.4 Å². The molecule has 12 heteroatoms. The fourth-order valence-electron chi connectivity index (χ4n) is 2.36. The zero-order valence-corrected chi connectivity index (χ0v) is 17.3. The van der Waals surface area contributed by atoms with Crippen molar-refractivity contribution < 1.29 is 28.8 Å². The highest BCUT2D eigenvalue weighted by atomic mass is 16.2. The van der Waals surface area contributed by atoms with Crippen molar-refractivity contribution in [2.75, 3.05) is 20.1 Å². The molecule has 0 aliphatic carbocycles. The van der Waals surface area contributed by atoms with Gasteiger partial charge in [-0.05, 0) is 24.8 Å². The maximum Gasteiger partial charge on any atom is 0.312 e. The Labute approximate surface area is 174 Å². The molecule has 30 heavy (non-hydrogen) atoms. The third kappa shape index (κ3) is 10.8. The summed E-state index contributed by atoms with van der Waals surface area (Å²) in [6.07, 6.45) is 2.96. The van der Waals surface area contributed by atoms with Gasteiger partial charge in [-0.25, -0.2) is 4.79 Å². The Morgan fingerprint density at radius 1 is 1.07 bits per heavy atom. The van der Waals surface area contributed by atoms with Gasteiger partial charge in [-0.1, -0.05) is 13.8 Å². The summed E-state index contributed by atoms with van der Waals surface area (Å²) in [7, 11) is 1.37. The molecule has 0 aromatic heterocycles. The van der Waals surface area contributed by atoms with Crippen LogP contribution in [0, 0.1) is 5.92 Å². The summed E-state index contributed by atoms with van der Waals surface area (Å²) < 4.78 is 0. The molecule has 12 nitrogen and oxygen atoms in total. The molecule has 7 N–H and O–H groups in total. The first-order valence-electron chi connectivity index (χ1n) is 9.28. The van der Waals surface area contributed by atoms with Crippen LogP contribution in [0.5, 0.6) is 0 Å². The largest absolute Gasteiger partial charge is 0.368 e. The van der Waals surface area contributed by atoms with Crippen LogP contribution in [0.25, 0.3) is 0 Å². The van der Waals surface area contributed by atoms with Crippen molar-refractivity contribution in [2.45, 2.75) is 38.8 Å². The molecule has 0 saturated carbocycles. The number of nitrogens with zero attached hydrogens (tertiary/aromatic N) is 1. The fourth-order valence-corrected chi connectivity index (χ4v) is 2.36. The minimum absolute atomic E-state index is 0.167. The summed E-state index contributed by atoms with van der Waals surface area (Å²) in [6.45, 7) is 3.26. The molecule has 1 unspecified atom stereocenters. The van der Waals surface area contributed by atoms with Crippen LogP contribution >= 0.6 is 0 Å². The van der Waals surface area contributed by atoms with Gasteiger partial charge in [-0.2, -0.15) is 0 Å². The predicted molar refractivity (Wildman–Crippen MR) is 108 cm³/mol. The summed E-state index contributed by atoms with van der Waals surface area (Å²) in [5.74, 6) is -2.85. The van der Waals surface area contributed by atoms with Crippen molar-refractivity contribution in [1.29, 1.82) is 0 Å². The van der Waals surface area contributed by atoms with Gasteiger partial charge in [0.25, 0.3) is 0 Å². The number of hydrogen-bond acceptors (Lipinski definition) is 6. The van der Waals surface area contributed by atoms with Crippen LogP contribution < -0.4 is 27.4 Å². The van der Waals surface area contributed by atoms with E-state index in [0.717, 1.165) is 17.1 Å². The van der Waals surface area contributed by atoms with Gasteiger partial charge in [0.15, 0.2) is 0 Å². The first kappa shape index (κ1) is 26.6. The number of primary amides is 2. The van der Waals surface area contributed by atoms with Crippen LogP contribution in [0.4, 0.5) is 4.79 Å². The highest BCUT2D eigenvalue weighted by molar-refractivity contribution is 5.95. The Morgan fingerprint density at radius 3 is 2.20 bits per heavy atom. The van der Waals surface area contributed by atoms with Crippen molar-refractivity contribution in [1.82, 2.24) is 20.9 Å². The van der Waals surface area contributed by atoms with Crippen LogP contribution in [0.3, 0.4) is 0 Å². The van der Waals surface area contributed by atoms with E-state index in [2.05, 4.69) is 16.0 Å². The summed E-state index contributed by atoms with van der Waals surface area (Å²) in [4.78, 5) is 70.1. The van der Waals surface area contributed by atoms with Crippen molar-refractivity contribution >= 4 is 35.9 Å².